The lowest BCUT2D eigenvalue weighted by Crippen LogP contribution is -2.36. The van der Waals surface area contributed by atoms with Gasteiger partial charge in [-0.2, -0.15) is 4.31 Å². The topological polar surface area (TPSA) is 96.0 Å². The molecule has 0 saturated heterocycles. The third-order valence-corrected chi connectivity index (χ3v) is 3.63. The molecule has 0 aromatic rings. The van der Waals surface area contributed by atoms with Crippen LogP contribution in [0.4, 0.5) is 0 Å². The molecule has 7 heteroatoms. The monoisotopic (exact) mass is 223 g/mol. The molecule has 0 unspecified atom stereocenters. The minimum Gasteiger partial charge on any atom is -0.409 e. The molecule has 6 nitrogen and oxygen atoms in total. The van der Waals surface area contributed by atoms with Gasteiger partial charge in [0.1, 0.15) is 0 Å². The number of nitrogens with zero attached hydrogens (tertiary/aromatic N) is 2. The van der Waals surface area contributed by atoms with Crippen molar-refractivity contribution in [1.82, 2.24) is 4.31 Å². The number of nitrogens with two attached hydrogens (primary N) is 1. The summed E-state index contributed by atoms with van der Waals surface area (Å²) in [7, 11) is -1.86. The first-order valence-corrected chi connectivity index (χ1v) is 5.95. The zero-order valence-corrected chi connectivity index (χ0v) is 9.29. The number of likely N-dealkylation sites (N-methyl/N-ethyl adjacent to an activating group) is 1. The van der Waals surface area contributed by atoms with Crippen LogP contribution in [0.3, 0.4) is 0 Å². The smallest absolute Gasteiger partial charge is 0.214 e. The highest BCUT2D eigenvalue weighted by molar-refractivity contribution is 7.89. The van der Waals surface area contributed by atoms with Crippen molar-refractivity contribution in [2.24, 2.45) is 10.9 Å². The van der Waals surface area contributed by atoms with Crippen LogP contribution in [0.25, 0.3) is 0 Å². The number of hydrogen-bond donors (Lipinski definition) is 2. The second kappa shape index (κ2) is 5.82. The number of rotatable bonds is 6. The Labute approximate surface area is 84.4 Å². The number of unbranched alkanes of at least 4 members (excludes halogenated alkanes) is 1. The van der Waals surface area contributed by atoms with Crippen LogP contribution < -0.4 is 5.73 Å². The predicted molar refractivity (Wildman–Crippen MR) is 54.7 cm³/mol. The van der Waals surface area contributed by atoms with Gasteiger partial charge in [0.25, 0.3) is 0 Å². The summed E-state index contributed by atoms with van der Waals surface area (Å²) in [6.07, 6.45) is 1.43. The summed E-state index contributed by atoms with van der Waals surface area (Å²) in [5.41, 5.74) is 5.19. The maximum Gasteiger partial charge on any atom is 0.214 e. The molecule has 0 aliphatic carbocycles. The Kier molecular flexibility index (Phi) is 5.47. The van der Waals surface area contributed by atoms with E-state index in [0.717, 1.165) is 10.7 Å². The quantitative estimate of drug-likeness (QED) is 0.282. The molecule has 0 rings (SSSR count). The van der Waals surface area contributed by atoms with Gasteiger partial charge in [0.05, 0.1) is 12.3 Å². The highest BCUT2D eigenvalue weighted by Gasteiger charge is 2.17. The van der Waals surface area contributed by atoms with Crippen LogP contribution in [-0.2, 0) is 10.0 Å². The molecule has 0 amide bonds. The molecule has 0 spiro atoms. The first kappa shape index (κ1) is 13.2. The average Bonchev–Trinajstić information content (AvgIpc) is 2.14. The van der Waals surface area contributed by atoms with E-state index < -0.39 is 10.0 Å². The van der Waals surface area contributed by atoms with Gasteiger partial charge in [0.2, 0.25) is 10.0 Å². The van der Waals surface area contributed by atoms with Gasteiger partial charge in [-0.15, -0.1) is 0 Å². The molecule has 0 aromatic carbocycles. The van der Waals surface area contributed by atoms with Gasteiger partial charge in [-0.1, -0.05) is 18.5 Å². The van der Waals surface area contributed by atoms with Crippen LogP contribution in [-0.4, -0.2) is 43.1 Å². The molecule has 3 N–H and O–H groups in total. The summed E-state index contributed by atoms with van der Waals surface area (Å²) in [5.74, 6) is -0.0220. The van der Waals surface area contributed by atoms with Gasteiger partial charge in [-0.25, -0.2) is 8.42 Å². The number of oxime groups is 1. The van der Waals surface area contributed by atoms with Gasteiger partial charge in [-0.05, 0) is 6.42 Å². The molecule has 0 aliphatic rings. The lowest BCUT2D eigenvalue weighted by molar-refractivity contribution is 0.315. The first-order chi connectivity index (χ1) is 6.44. The van der Waals surface area contributed by atoms with E-state index in [1.54, 1.807) is 0 Å². The lowest BCUT2D eigenvalue weighted by Gasteiger charge is -2.15. The highest BCUT2D eigenvalue weighted by atomic mass is 32.2. The zero-order chi connectivity index (χ0) is 11.2. The van der Waals surface area contributed by atoms with E-state index in [1.807, 2.05) is 6.92 Å². The van der Waals surface area contributed by atoms with Gasteiger partial charge < -0.3 is 10.9 Å². The van der Waals surface area contributed by atoms with E-state index in [9.17, 15) is 8.42 Å². The summed E-state index contributed by atoms with van der Waals surface area (Å²) in [4.78, 5) is 0. The predicted octanol–water partition coefficient (Wildman–Crippen LogP) is -0.205. The minimum atomic E-state index is -3.27. The van der Waals surface area contributed by atoms with E-state index in [1.165, 1.54) is 7.05 Å². The maximum atomic E-state index is 11.5. The standard InChI is InChI=1S/C7H17N3O3S/c1-3-4-5-14(12,13)10(2)6-7(8)9-11/h11H,3-6H2,1-2H3,(H2,8,9). The molecule has 0 aliphatic heterocycles. The normalized spacial score (nSPS) is 13.5. The summed E-state index contributed by atoms with van der Waals surface area (Å²) in [5, 5.41) is 11.0. The van der Waals surface area contributed by atoms with Crippen LogP contribution in [0.1, 0.15) is 19.8 Å². The van der Waals surface area contributed by atoms with Crippen molar-refractivity contribution >= 4 is 15.9 Å². The van der Waals surface area contributed by atoms with Crippen molar-refractivity contribution in [3.63, 3.8) is 0 Å². The van der Waals surface area contributed by atoms with E-state index in [2.05, 4.69) is 5.16 Å². The molecule has 84 valence electrons. The summed E-state index contributed by atoms with van der Waals surface area (Å²) >= 11 is 0. The first-order valence-electron chi connectivity index (χ1n) is 4.34. The molecule has 0 saturated carbocycles. The molecule has 0 heterocycles. The summed E-state index contributed by atoms with van der Waals surface area (Å²) < 4.78 is 24.0. The SMILES string of the molecule is CCCCS(=O)(=O)N(C)CC(N)=NO. The van der Waals surface area contributed by atoms with Gasteiger partial charge in [0.15, 0.2) is 5.84 Å². The number of hydrogen-bond acceptors (Lipinski definition) is 4. The van der Waals surface area contributed by atoms with E-state index in [-0.39, 0.29) is 18.1 Å². The molecule has 0 radical (unpaired) electrons. The van der Waals surface area contributed by atoms with Crippen LogP contribution in [0, 0.1) is 0 Å². The third-order valence-electron chi connectivity index (χ3n) is 1.74. The minimum absolute atomic E-state index is 0.0808. The fourth-order valence-corrected chi connectivity index (χ4v) is 2.13. The Morgan fingerprint density at radius 2 is 2.14 bits per heavy atom. The van der Waals surface area contributed by atoms with Crippen molar-refractivity contribution in [2.75, 3.05) is 19.3 Å². The Morgan fingerprint density at radius 3 is 2.57 bits per heavy atom. The Morgan fingerprint density at radius 1 is 1.57 bits per heavy atom. The maximum absolute atomic E-state index is 11.5. The van der Waals surface area contributed by atoms with Gasteiger partial charge in [-0.3, -0.25) is 0 Å². The molecule has 0 fully saturated rings. The van der Waals surface area contributed by atoms with E-state index in [0.29, 0.717) is 6.42 Å². The number of amidine groups is 1. The molecular weight excluding hydrogens is 206 g/mol. The van der Waals surface area contributed by atoms with Crippen molar-refractivity contribution in [3.8, 4) is 0 Å². The Hall–Kier alpha value is -0.820. The van der Waals surface area contributed by atoms with Crippen molar-refractivity contribution in [1.29, 1.82) is 0 Å². The Balaban J connectivity index is 4.29. The van der Waals surface area contributed by atoms with E-state index in [4.69, 9.17) is 10.9 Å². The molecular formula is C7H17N3O3S. The molecule has 0 atom stereocenters. The van der Waals surface area contributed by atoms with Crippen LogP contribution in [0.2, 0.25) is 0 Å². The number of sulfonamides is 1. The average molecular weight is 223 g/mol. The lowest BCUT2D eigenvalue weighted by atomic mass is 10.4. The second-order valence-electron chi connectivity index (χ2n) is 3.02. The summed E-state index contributed by atoms with van der Waals surface area (Å²) in [6, 6.07) is 0. The van der Waals surface area contributed by atoms with Crippen molar-refractivity contribution < 1.29 is 13.6 Å². The van der Waals surface area contributed by atoms with E-state index >= 15 is 0 Å². The molecule has 14 heavy (non-hydrogen) atoms. The molecule has 0 aromatic heterocycles. The van der Waals surface area contributed by atoms with Crippen LogP contribution >= 0.6 is 0 Å². The Bertz CT molecular complexity index is 287. The van der Waals surface area contributed by atoms with Crippen molar-refractivity contribution in [2.45, 2.75) is 19.8 Å². The molecule has 0 bridgehead atoms. The van der Waals surface area contributed by atoms with Crippen molar-refractivity contribution in [3.05, 3.63) is 0 Å². The second-order valence-corrected chi connectivity index (χ2v) is 5.21. The third kappa shape index (κ3) is 4.43. The fourth-order valence-electron chi connectivity index (χ4n) is 0.841. The van der Waals surface area contributed by atoms with Crippen LogP contribution in [0.15, 0.2) is 5.16 Å². The fraction of sp³-hybridized carbons (Fsp3) is 0.857. The largest absolute Gasteiger partial charge is 0.409 e. The zero-order valence-electron chi connectivity index (χ0n) is 8.47. The van der Waals surface area contributed by atoms with Gasteiger partial charge in [0, 0.05) is 7.05 Å². The van der Waals surface area contributed by atoms with Gasteiger partial charge >= 0.3 is 0 Å². The highest BCUT2D eigenvalue weighted by Crippen LogP contribution is 2.01. The summed E-state index contributed by atoms with van der Waals surface area (Å²) in [6.45, 7) is 1.83. The van der Waals surface area contributed by atoms with Crippen LogP contribution in [0.5, 0.6) is 0 Å².